The Labute approximate surface area is 101 Å². The average Bonchev–Trinajstić information content (AvgIpc) is 3.15. The van der Waals surface area contributed by atoms with Crippen LogP contribution in [0.15, 0.2) is 30.3 Å². The van der Waals surface area contributed by atoms with E-state index in [2.05, 4.69) is 0 Å². The fraction of sp³-hybridized carbons (Fsp3) is 0.429. The molecule has 17 heavy (non-hydrogen) atoms. The molecule has 1 aromatic rings. The maximum Gasteiger partial charge on any atom is 0.317 e. The van der Waals surface area contributed by atoms with Crippen LogP contribution < -0.4 is 0 Å². The van der Waals surface area contributed by atoms with Crippen LogP contribution in [0.2, 0.25) is 0 Å². The number of ether oxygens (including phenoxy) is 1. The third kappa shape index (κ3) is 2.73. The standard InChI is InChI=1S/C14H16O3/c1-2-17-14(16)12(10-8-9-10)13(15)11-6-4-3-5-7-11/h3-7,10,12H,2,8-9H2,1H3. The third-order valence-corrected chi connectivity index (χ3v) is 2.97. The van der Waals surface area contributed by atoms with Gasteiger partial charge in [-0.15, -0.1) is 0 Å². The van der Waals surface area contributed by atoms with Gasteiger partial charge in [0.15, 0.2) is 5.78 Å². The zero-order valence-electron chi connectivity index (χ0n) is 9.89. The molecule has 1 aliphatic carbocycles. The fourth-order valence-electron chi connectivity index (χ4n) is 1.96. The molecule has 0 radical (unpaired) electrons. The highest BCUT2D eigenvalue weighted by Gasteiger charge is 2.42. The fourth-order valence-corrected chi connectivity index (χ4v) is 1.96. The summed E-state index contributed by atoms with van der Waals surface area (Å²) in [6, 6.07) is 8.96. The topological polar surface area (TPSA) is 43.4 Å². The molecule has 1 aliphatic rings. The molecule has 1 unspecified atom stereocenters. The highest BCUT2D eigenvalue weighted by atomic mass is 16.5. The Balaban J connectivity index is 2.16. The Morgan fingerprint density at radius 1 is 1.29 bits per heavy atom. The van der Waals surface area contributed by atoms with Gasteiger partial charge in [-0.1, -0.05) is 30.3 Å². The molecular formula is C14H16O3. The number of Topliss-reactive ketones (excluding diaryl/α,β-unsaturated/α-hetero) is 1. The lowest BCUT2D eigenvalue weighted by molar-refractivity contribution is -0.146. The molecule has 3 nitrogen and oxygen atoms in total. The smallest absolute Gasteiger partial charge is 0.317 e. The molecule has 0 N–H and O–H groups in total. The predicted molar refractivity (Wildman–Crippen MR) is 63.6 cm³/mol. The van der Waals surface area contributed by atoms with E-state index < -0.39 is 5.92 Å². The van der Waals surface area contributed by atoms with E-state index >= 15 is 0 Å². The zero-order valence-corrected chi connectivity index (χ0v) is 9.89. The first-order chi connectivity index (χ1) is 8.24. The number of esters is 1. The van der Waals surface area contributed by atoms with Crippen molar-refractivity contribution in [3.05, 3.63) is 35.9 Å². The summed E-state index contributed by atoms with van der Waals surface area (Å²) in [5.41, 5.74) is 0.595. The maximum absolute atomic E-state index is 12.2. The highest BCUT2D eigenvalue weighted by Crippen LogP contribution is 2.39. The van der Waals surface area contributed by atoms with Crippen LogP contribution in [0.1, 0.15) is 30.1 Å². The van der Waals surface area contributed by atoms with Gasteiger partial charge in [-0.25, -0.2) is 0 Å². The Morgan fingerprint density at radius 3 is 2.47 bits per heavy atom. The van der Waals surface area contributed by atoms with Crippen LogP contribution in [-0.4, -0.2) is 18.4 Å². The van der Waals surface area contributed by atoms with Crippen molar-refractivity contribution >= 4 is 11.8 Å². The monoisotopic (exact) mass is 232 g/mol. The van der Waals surface area contributed by atoms with E-state index in [-0.39, 0.29) is 17.7 Å². The van der Waals surface area contributed by atoms with Gasteiger partial charge < -0.3 is 4.74 Å². The second-order valence-corrected chi connectivity index (χ2v) is 4.30. The molecule has 1 atom stereocenters. The molecule has 1 aromatic carbocycles. The SMILES string of the molecule is CCOC(=O)C(C(=O)c1ccccc1)C1CC1. The predicted octanol–water partition coefficient (Wildman–Crippen LogP) is 2.46. The molecule has 0 saturated heterocycles. The Morgan fingerprint density at radius 2 is 1.94 bits per heavy atom. The summed E-state index contributed by atoms with van der Waals surface area (Å²) >= 11 is 0. The molecule has 1 saturated carbocycles. The number of rotatable bonds is 5. The summed E-state index contributed by atoms with van der Waals surface area (Å²) < 4.78 is 4.99. The van der Waals surface area contributed by atoms with E-state index in [9.17, 15) is 9.59 Å². The second kappa shape index (κ2) is 5.13. The van der Waals surface area contributed by atoms with Crippen LogP contribution in [-0.2, 0) is 9.53 Å². The van der Waals surface area contributed by atoms with Gasteiger partial charge in [0, 0.05) is 5.56 Å². The molecule has 0 aliphatic heterocycles. The van der Waals surface area contributed by atoms with Crippen LogP contribution in [0, 0.1) is 11.8 Å². The Bertz CT molecular complexity index is 407. The lowest BCUT2D eigenvalue weighted by Gasteiger charge is -2.13. The highest BCUT2D eigenvalue weighted by molar-refractivity contribution is 6.09. The van der Waals surface area contributed by atoms with Gasteiger partial charge in [-0.2, -0.15) is 0 Å². The van der Waals surface area contributed by atoms with E-state index in [0.29, 0.717) is 12.2 Å². The molecule has 0 bridgehead atoms. The van der Waals surface area contributed by atoms with Gasteiger partial charge in [0.05, 0.1) is 6.61 Å². The van der Waals surface area contributed by atoms with E-state index in [1.54, 1.807) is 19.1 Å². The van der Waals surface area contributed by atoms with Crippen molar-refractivity contribution in [2.75, 3.05) is 6.61 Å². The lowest BCUT2D eigenvalue weighted by atomic mass is 9.93. The molecular weight excluding hydrogens is 216 g/mol. The maximum atomic E-state index is 12.2. The number of benzene rings is 1. The summed E-state index contributed by atoms with van der Waals surface area (Å²) in [7, 11) is 0. The van der Waals surface area contributed by atoms with Gasteiger partial charge in [-0.3, -0.25) is 9.59 Å². The van der Waals surface area contributed by atoms with Crippen LogP contribution in [0.5, 0.6) is 0 Å². The van der Waals surface area contributed by atoms with Crippen molar-refractivity contribution in [1.82, 2.24) is 0 Å². The largest absolute Gasteiger partial charge is 0.465 e. The summed E-state index contributed by atoms with van der Waals surface area (Å²) in [6.45, 7) is 2.08. The first kappa shape index (κ1) is 11.8. The lowest BCUT2D eigenvalue weighted by Crippen LogP contribution is -2.28. The summed E-state index contributed by atoms with van der Waals surface area (Å²) in [5, 5.41) is 0. The first-order valence-electron chi connectivity index (χ1n) is 6.00. The van der Waals surface area contributed by atoms with Crippen molar-refractivity contribution in [2.24, 2.45) is 11.8 Å². The second-order valence-electron chi connectivity index (χ2n) is 4.30. The van der Waals surface area contributed by atoms with Crippen LogP contribution in [0.4, 0.5) is 0 Å². The van der Waals surface area contributed by atoms with Gasteiger partial charge in [-0.05, 0) is 25.7 Å². The summed E-state index contributed by atoms with van der Waals surface area (Å²) in [4.78, 5) is 24.0. The molecule has 3 heteroatoms. The molecule has 0 aromatic heterocycles. The van der Waals surface area contributed by atoms with Crippen LogP contribution in [0.25, 0.3) is 0 Å². The van der Waals surface area contributed by atoms with Crippen molar-refractivity contribution in [3.8, 4) is 0 Å². The molecule has 0 amide bonds. The molecule has 0 heterocycles. The van der Waals surface area contributed by atoms with Gasteiger partial charge >= 0.3 is 5.97 Å². The minimum atomic E-state index is -0.600. The third-order valence-electron chi connectivity index (χ3n) is 2.97. The quantitative estimate of drug-likeness (QED) is 0.445. The van der Waals surface area contributed by atoms with Crippen molar-refractivity contribution in [2.45, 2.75) is 19.8 Å². The number of hydrogen-bond acceptors (Lipinski definition) is 3. The summed E-state index contributed by atoms with van der Waals surface area (Å²) in [6.07, 6.45) is 1.89. The van der Waals surface area contributed by atoms with E-state index in [1.165, 1.54) is 0 Å². The molecule has 90 valence electrons. The van der Waals surface area contributed by atoms with Crippen molar-refractivity contribution < 1.29 is 14.3 Å². The average molecular weight is 232 g/mol. The van der Waals surface area contributed by atoms with Crippen molar-refractivity contribution in [1.29, 1.82) is 0 Å². The van der Waals surface area contributed by atoms with Crippen molar-refractivity contribution in [3.63, 3.8) is 0 Å². The zero-order chi connectivity index (χ0) is 12.3. The van der Waals surface area contributed by atoms with E-state index in [4.69, 9.17) is 4.74 Å². The minimum absolute atomic E-state index is 0.105. The van der Waals surface area contributed by atoms with E-state index in [1.807, 2.05) is 18.2 Å². The summed E-state index contributed by atoms with van der Waals surface area (Å²) in [5.74, 6) is -0.894. The van der Waals surface area contributed by atoms with Crippen LogP contribution >= 0.6 is 0 Å². The Kier molecular flexibility index (Phi) is 3.57. The number of ketones is 1. The Hall–Kier alpha value is -1.64. The molecule has 0 spiro atoms. The molecule has 1 fully saturated rings. The first-order valence-corrected chi connectivity index (χ1v) is 6.00. The number of hydrogen-bond donors (Lipinski definition) is 0. The molecule has 2 rings (SSSR count). The minimum Gasteiger partial charge on any atom is -0.465 e. The van der Waals surface area contributed by atoms with Crippen LogP contribution in [0.3, 0.4) is 0 Å². The number of carbonyl (C=O) groups excluding carboxylic acids is 2. The normalized spacial score (nSPS) is 16.3. The van der Waals surface area contributed by atoms with E-state index in [0.717, 1.165) is 12.8 Å². The van der Waals surface area contributed by atoms with Gasteiger partial charge in [0.1, 0.15) is 5.92 Å². The van der Waals surface area contributed by atoms with Gasteiger partial charge in [0.2, 0.25) is 0 Å². The number of carbonyl (C=O) groups is 2. The van der Waals surface area contributed by atoms with Gasteiger partial charge in [0.25, 0.3) is 0 Å².